The number of aromatic nitrogens is 1. The van der Waals surface area contributed by atoms with Crippen LogP contribution < -0.4 is 0 Å². The van der Waals surface area contributed by atoms with Gasteiger partial charge in [0.05, 0.1) is 11.4 Å². The molecule has 0 spiro atoms. The molecule has 74 valence electrons. The lowest BCUT2D eigenvalue weighted by atomic mass is 10.1. The molecule has 0 aliphatic carbocycles. The fraction of sp³-hybridized carbons (Fsp3) is 0.231. The second-order valence-corrected chi connectivity index (χ2v) is 3.81. The fourth-order valence-corrected chi connectivity index (χ4v) is 2.08. The summed E-state index contributed by atoms with van der Waals surface area (Å²) >= 11 is 0. The third kappa shape index (κ3) is 1.42. The van der Waals surface area contributed by atoms with Crippen LogP contribution in [0.25, 0.3) is 10.8 Å². The van der Waals surface area contributed by atoms with Crippen molar-refractivity contribution < 1.29 is 0 Å². The van der Waals surface area contributed by atoms with Gasteiger partial charge in [0.1, 0.15) is 0 Å². The van der Waals surface area contributed by atoms with Crippen LogP contribution in [0.2, 0.25) is 0 Å². The van der Waals surface area contributed by atoms with Gasteiger partial charge in [-0.3, -0.25) is 9.98 Å². The number of aliphatic imine (C=N–C) groups is 1. The molecule has 3 rings (SSSR count). The van der Waals surface area contributed by atoms with Crippen molar-refractivity contribution in [1.29, 1.82) is 0 Å². The van der Waals surface area contributed by atoms with Crippen molar-refractivity contribution in [3.05, 3.63) is 42.2 Å². The molecule has 1 aromatic carbocycles. The van der Waals surface area contributed by atoms with E-state index < -0.39 is 0 Å². The van der Waals surface area contributed by atoms with Gasteiger partial charge in [-0.2, -0.15) is 0 Å². The van der Waals surface area contributed by atoms with Gasteiger partial charge in [-0.15, -0.1) is 0 Å². The molecule has 1 aliphatic heterocycles. The van der Waals surface area contributed by atoms with E-state index in [1.165, 1.54) is 22.9 Å². The Hall–Kier alpha value is -1.70. The van der Waals surface area contributed by atoms with Crippen LogP contribution in [0.3, 0.4) is 0 Å². The normalized spacial score (nSPS) is 15.6. The second kappa shape index (κ2) is 3.46. The van der Waals surface area contributed by atoms with E-state index >= 15 is 0 Å². The molecule has 0 radical (unpaired) electrons. The number of nitrogens with zero attached hydrogens (tertiary/aromatic N) is 2. The van der Waals surface area contributed by atoms with Crippen molar-refractivity contribution in [3.63, 3.8) is 0 Å². The summed E-state index contributed by atoms with van der Waals surface area (Å²) < 4.78 is 0. The molecule has 1 aliphatic rings. The lowest BCUT2D eigenvalue weighted by Gasteiger charge is -2.04. The number of fused-ring (bicyclic) bond motifs is 1. The highest BCUT2D eigenvalue weighted by molar-refractivity contribution is 6.09. The van der Waals surface area contributed by atoms with Crippen LogP contribution in [0.4, 0.5) is 0 Å². The van der Waals surface area contributed by atoms with Crippen molar-refractivity contribution in [3.8, 4) is 0 Å². The van der Waals surface area contributed by atoms with Gasteiger partial charge in [-0.1, -0.05) is 24.3 Å². The number of hydrogen-bond acceptors (Lipinski definition) is 2. The average molecular weight is 196 g/mol. The van der Waals surface area contributed by atoms with Crippen LogP contribution in [-0.4, -0.2) is 17.2 Å². The lowest BCUT2D eigenvalue weighted by molar-refractivity contribution is 0.951. The molecule has 0 N–H and O–H groups in total. The fourth-order valence-electron chi connectivity index (χ4n) is 2.08. The Kier molecular flexibility index (Phi) is 1.98. The van der Waals surface area contributed by atoms with Gasteiger partial charge in [0, 0.05) is 18.1 Å². The SMILES string of the molecule is c1ccc2c(C3=NCCC3)nccc2c1. The van der Waals surface area contributed by atoms with Gasteiger partial charge in [0.2, 0.25) is 0 Å². The van der Waals surface area contributed by atoms with Crippen molar-refractivity contribution in [2.45, 2.75) is 12.8 Å². The Morgan fingerprint density at radius 1 is 1.07 bits per heavy atom. The average Bonchev–Trinajstić information content (AvgIpc) is 2.82. The highest BCUT2D eigenvalue weighted by Crippen LogP contribution is 2.20. The van der Waals surface area contributed by atoms with Gasteiger partial charge in [0.25, 0.3) is 0 Å². The molecule has 2 heteroatoms. The zero-order valence-corrected chi connectivity index (χ0v) is 8.48. The summed E-state index contributed by atoms with van der Waals surface area (Å²) in [5.74, 6) is 0. The summed E-state index contributed by atoms with van der Waals surface area (Å²) in [5.41, 5.74) is 2.25. The van der Waals surface area contributed by atoms with Crippen molar-refractivity contribution >= 4 is 16.5 Å². The van der Waals surface area contributed by atoms with E-state index in [-0.39, 0.29) is 0 Å². The first-order valence-corrected chi connectivity index (χ1v) is 5.32. The highest BCUT2D eigenvalue weighted by Gasteiger charge is 2.12. The van der Waals surface area contributed by atoms with Crippen LogP contribution >= 0.6 is 0 Å². The summed E-state index contributed by atoms with van der Waals surface area (Å²) in [5, 5.41) is 2.47. The number of benzene rings is 1. The molecular weight excluding hydrogens is 184 g/mol. The van der Waals surface area contributed by atoms with Crippen LogP contribution in [-0.2, 0) is 0 Å². The molecule has 0 amide bonds. The molecule has 1 aromatic heterocycles. The Labute approximate surface area is 88.7 Å². The second-order valence-electron chi connectivity index (χ2n) is 3.81. The van der Waals surface area contributed by atoms with Crippen molar-refractivity contribution in [1.82, 2.24) is 4.98 Å². The number of pyridine rings is 1. The zero-order valence-electron chi connectivity index (χ0n) is 8.48. The standard InChI is InChI=1S/C13H12N2/c1-2-5-11-10(4-1)7-9-15-13(11)12-6-3-8-14-12/h1-2,4-5,7,9H,3,6,8H2. The quantitative estimate of drug-likeness (QED) is 0.688. The summed E-state index contributed by atoms with van der Waals surface area (Å²) in [7, 11) is 0. The smallest absolute Gasteiger partial charge is 0.0918 e. The molecule has 0 bridgehead atoms. The van der Waals surface area contributed by atoms with Gasteiger partial charge < -0.3 is 0 Å². The highest BCUT2D eigenvalue weighted by atomic mass is 14.8. The van der Waals surface area contributed by atoms with Gasteiger partial charge >= 0.3 is 0 Å². The first-order chi connectivity index (χ1) is 7.45. The van der Waals surface area contributed by atoms with Crippen molar-refractivity contribution in [2.24, 2.45) is 4.99 Å². The van der Waals surface area contributed by atoms with Crippen LogP contribution in [0.15, 0.2) is 41.5 Å². The Balaban J connectivity index is 2.26. The number of rotatable bonds is 1. The Morgan fingerprint density at radius 3 is 2.87 bits per heavy atom. The molecule has 2 aromatic rings. The zero-order chi connectivity index (χ0) is 10.1. The minimum Gasteiger partial charge on any atom is -0.287 e. The third-order valence-electron chi connectivity index (χ3n) is 2.82. The third-order valence-corrected chi connectivity index (χ3v) is 2.82. The Morgan fingerprint density at radius 2 is 2.00 bits per heavy atom. The van der Waals surface area contributed by atoms with Crippen LogP contribution in [0.1, 0.15) is 18.5 Å². The van der Waals surface area contributed by atoms with E-state index in [2.05, 4.69) is 34.2 Å². The van der Waals surface area contributed by atoms with E-state index in [9.17, 15) is 0 Å². The van der Waals surface area contributed by atoms with Gasteiger partial charge in [-0.25, -0.2) is 0 Å². The van der Waals surface area contributed by atoms with E-state index in [1.807, 2.05) is 12.3 Å². The number of hydrogen-bond donors (Lipinski definition) is 0. The van der Waals surface area contributed by atoms with Gasteiger partial charge in [0.15, 0.2) is 0 Å². The van der Waals surface area contributed by atoms with E-state index in [4.69, 9.17) is 0 Å². The molecule has 0 saturated carbocycles. The van der Waals surface area contributed by atoms with Crippen LogP contribution in [0, 0.1) is 0 Å². The van der Waals surface area contributed by atoms with Gasteiger partial charge in [-0.05, 0) is 24.3 Å². The predicted molar refractivity (Wildman–Crippen MR) is 62.4 cm³/mol. The molecule has 2 nitrogen and oxygen atoms in total. The molecule has 0 atom stereocenters. The van der Waals surface area contributed by atoms with E-state index in [1.54, 1.807) is 0 Å². The first kappa shape index (κ1) is 8.60. The van der Waals surface area contributed by atoms with E-state index in [0.717, 1.165) is 18.7 Å². The Bertz CT molecular complexity index is 524. The minimum absolute atomic E-state index is 0.959. The molecule has 0 saturated heterocycles. The minimum atomic E-state index is 0.959. The molecule has 2 heterocycles. The predicted octanol–water partition coefficient (Wildman–Crippen LogP) is 2.82. The summed E-state index contributed by atoms with van der Waals surface area (Å²) in [4.78, 5) is 8.97. The molecular formula is C13H12N2. The largest absolute Gasteiger partial charge is 0.287 e. The molecule has 15 heavy (non-hydrogen) atoms. The summed E-state index contributed by atoms with van der Waals surface area (Å²) in [6, 6.07) is 10.4. The maximum absolute atomic E-state index is 4.51. The maximum atomic E-state index is 4.51. The van der Waals surface area contributed by atoms with E-state index in [0.29, 0.717) is 0 Å². The first-order valence-electron chi connectivity index (χ1n) is 5.32. The monoisotopic (exact) mass is 196 g/mol. The van der Waals surface area contributed by atoms with Crippen LogP contribution in [0.5, 0.6) is 0 Å². The maximum Gasteiger partial charge on any atom is 0.0918 e. The lowest BCUT2D eigenvalue weighted by Crippen LogP contribution is -2.00. The summed E-state index contributed by atoms with van der Waals surface area (Å²) in [6.45, 7) is 0.959. The summed E-state index contributed by atoms with van der Waals surface area (Å²) in [6.07, 6.45) is 4.11. The van der Waals surface area contributed by atoms with Crippen molar-refractivity contribution in [2.75, 3.05) is 6.54 Å². The molecule has 0 fully saturated rings. The topological polar surface area (TPSA) is 25.2 Å². The molecule has 0 unspecified atom stereocenters.